The summed E-state index contributed by atoms with van der Waals surface area (Å²) in [5, 5.41) is 1.19. The molecule has 0 spiro atoms. The zero-order chi connectivity index (χ0) is 17.2. The molecule has 2 aromatic heterocycles. The van der Waals surface area contributed by atoms with Crippen molar-refractivity contribution in [3.8, 4) is 0 Å². The Hall–Kier alpha value is -2.60. The number of carbonyl (C=O) groups excluding carboxylic acids is 1. The van der Waals surface area contributed by atoms with E-state index in [-0.39, 0.29) is 18.1 Å². The van der Waals surface area contributed by atoms with Crippen LogP contribution >= 0.6 is 0 Å². The number of imidazole rings is 1. The van der Waals surface area contributed by atoms with Gasteiger partial charge in [-0.2, -0.15) is 0 Å². The minimum absolute atomic E-state index is 0.0320. The molecule has 3 aromatic rings. The zero-order valence-corrected chi connectivity index (χ0v) is 14.2. The molecule has 130 valence electrons. The van der Waals surface area contributed by atoms with Gasteiger partial charge in [0.15, 0.2) is 0 Å². The van der Waals surface area contributed by atoms with E-state index < -0.39 is 0 Å². The Kier molecular flexibility index (Phi) is 4.28. The van der Waals surface area contributed by atoms with Crippen molar-refractivity contribution in [2.75, 3.05) is 13.7 Å². The number of nitrogens with one attached hydrogen (secondary N) is 2. The second-order valence-electron chi connectivity index (χ2n) is 6.49. The van der Waals surface area contributed by atoms with Gasteiger partial charge in [0, 0.05) is 56.0 Å². The molecule has 0 radical (unpaired) electrons. The Bertz CT molecular complexity index is 855. The van der Waals surface area contributed by atoms with Crippen LogP contribution in [0.15, 0.2) is 42.9 Å². The highest BCUT2D eigenvalue weighted by molar-refractivity contribution is 5.84. The average Bonchev–Trinajstić information content (AvgIpc) is 3.38. The van der Waals surface area contributed by atoms with Crippen LogP contribution in [0.5, 0.6) is 0 Å². The summed E-state index contributed by atoms with van der Waals surface area (Å²) in [5.41, 5.74) is 2.29. The van der Waals surface area contributed by atoms with Crippen LogP contribution < -0.4 is 0 Å². The van der Waals surface area contributed by atoms with Gasteiger partial charge < -0.3 is 19.6 Å². The van der Waals surface area contributed by atoms with Gasteiger partial charge in [0.2, 0.25) is 5.91 Å². The summed E-state index contributed by atoms with van der Waals surface area (Å²) in [6.45, 7) is 0.620. The van der Waals surface area contributed by atoms with Gasteiger partial charge in [0.25, 0.3) is 0 Å². The highest BCUT2D eigenvalue weighted by Crippen LogP contribution is 2.32. The molecule has 2 atom stereocenters. The van der Waals surface area contributed by atoms with E-state index in [1.165, 1.54) is 10.9 Å². The van der Waals surface area contributed by atoms with Crippen LogP contribution in [0.1, 0.15) is 30.3 Å². The number of amides is 1. The quantitative estimate of drug-likeness (QED) is 0.751. The highest BCUT2D eigenvalue weighted by Gasteiger charge is 2.37. The van der Waals surface area contributed by atoms with Gasteiger partial charge in [-0.15, -0.1) is 0 Å². The number of para-hydroxylation sites is 1. The molecule has 1 aliphatic heterocycles. The van der Waals surface area contributed by atoms with Crippen LogP contribution in [0.3, 0.4) is 0 Å². The topological polar surface area (TPSA) is 74.0 Å². The Labute approximate surface area is 146 Å². The lowest BCUT2D eigenvalue weighted by atomic mass is 10.1. The summed E-state index contributed by atoms with van der Waals surface area (Å²) in [7, 11) is 1.70. The number of aromatic amines is 2. The summed E-state index contributed by atoms with van der Waals surface area (Å²) in [4.78, 5) is 25.5. The average molecular weight is 338 g/mol. The predicted molar refractivity (Wildman–Crippen MR) is 95.1 cm³/mol. The third kappa shape index (κ3) is 3.05. The lowest BCUT2D eigenvalue weighted by molar-refractivity contribution is -0.132. The number of aromatic nitrogens is 3. The predicted octanol–water partition coefficient (Wildman–Crippen LogP) is 2.81. The molecule has 1 saturated heterocycles. The molecule has 1 fully saturated rings. The van der Waals surface area contributed by atoms with Gasteiger partial charge in [-0.25, -0.2) is 4.98 Å². The minimum atomic E-state index is -0.0320. The summed E-state index contributed by atoms with van der Waals surface area (Å²) < 4.78 is 5.49. The number of hydrogen-bond donors (Lipinski definition) is 2. The summed E-state index contributed by atoms with van der Waals surface area (Å²) in [6.07, 6.45) is 7.57. The van der Waals surface area contributed by atoms with Crippen LogP contribution in [-0.2, 0) is 16.0 Å². The maximum atomic E-state index is 12.9. The summed E-state index contributed by atoms with van der Waals surface area (Å²) in [5.74, 6) is 0.978. The summed E-state index contributed by atoms with van der Waals surface area (Å²) in [6, 6.07) is 8.15. The summed E-state index contributed by atoms with van der Waals surface area (Å²) >= 11 is 0. The number of nitrogens with zero attached hydrogens (tertiary/aromatic N) is 2. The third-order valence-corrected chi connectivity index (χ3v) is 5.03. The number of fused-ring (bicyclic) bond motifs is 1. The first-order valence-corrected chi connectivity index (χ1v) is 8.63. The molecule has 4 rings (SSSR count). The van der Waals surface area contributed by atoms with Gasteiger partial charge >= 0.3 is 0 Å². The molecule has 3 heterocycles. The number of ether oxygens (including phenoxy) is 1. The van der Waals surface area contributed by atoms with Crippen molar-refractivity contribution in [1.82, 2.24) is 19.9 Å². The standard InChI is InChI=1S/C19H22N4O2/c1-25-14-10-17(19-20-8-9-21-19)23(12-14)18(24)7-6-13-11-22-16-5-3-2-4-15(13)16/h2-5,8-9,11,14,17,22H,6-7,10,12H2,1H3,(H,20,21)/t14-,17?/m1/s1. The molecule has 0 saturated carbocycles. The number of rotatable bonds is 5. The number of benzene rings is 1. The second-order valence-corrected chi connectivity index (χ2v) is 6.49. The van der Waals surface area contributed by atoms with Crippen molar-refractivity contribution < 1.29 is 9.53 Å². The molecule has 2 N–H and O–H groups in total. The third-order valence-electron chi connectivity index (χ3n) is 5.03. The van der Waals surface area contributed by atoms with Gasteiger partial charge in [-0.05, 0) is 18.1 Å². The van der Waals surface area contributed by atoms with Crippen molar-refractivity contribution in [2.45, 2.75) is 31.4 Å². The van der Waals surface area contributed by atoms with Crippen molar-refractivity contribution in [2.24, 2.45) is 0 Å². The fraction of sp³-hybridized carbons (Fsp3) is 0.368. The molecule has 0 aliphatic carbocycles. The Morgan fingerprint density at radius 1 is 1.36 bits per heavy atom. The van der Waals surface area contributed by atoms with Crippen molar-refractivity contribution in [3.05, 3.63) is 54.2 Å². The van der Waals surface area contributed by atoms with Gasteiger partial charge in [0.05, 0.1) is 12.1 Å². The number of methoxy groups -OCH3 is 1. The van der Waals surface area contributed by atoms with Crippen LogP contribution in [0.4, 0.5) is 0 Å². The molecule has 1 amide bonds. The SMILES string of the molecule is CO[C@@H]1CC(c2ncc[nH]2)N(C(=O)CCc2c[nH]c3ccccc23)C1. The number of carbonyl (C=O) groups is 1. The van der Waals surface area contributed by atoms with Gasteiger partial charge in [-0.3, -0.25) is 4.79 Å². The minimum Gasteiger partial charge on any atom is -0.380 e. The van der Waals surface area contributed by atoms with Crippen molar-refractivity contribution >= 4 is 16.8 Å². The van der Waals surface area contributed by atoms with Crippen LogP contribution in [0.2, 0.25) is 0 Å². The Balaban J connectivity index is 1.47. The monoisotopic (exact) mass is 338 g/mol. The lowest BCUT2D eigenvalue weighted by Crippen LogP contribution is -2.32. The molecular formula is C19H22N4O2. The lowest BCUT2D eigenvalue weighted by Gasteiger charge is -2.23. The fourth-order valence-corrected chi connectivity index (χ4v) is 3.69. The maximum Gasteiger partial charge on any atom is 0.223 e. The van der Waals surface area contributed by atoms with E-state index in [1.807, 2.05) is 23.2 Å². The molecule has 0 bridgehead atoms. The molecule has 1 unspecified atom stereocenters. The largest absolute Gasteiger partial charge is 0.380 e. The van der Waals surface area contributed by atoms with E-state index >= 15 is 0 Å². The number of H-pyrrole nitrogens is 2. The molecule has 6 heteroatoms. The van der Waals surface area contributed by atoms with Crippen LogP contribution in [0, 0.1) is 0 Å². The van der Waals surface area contributed by atoms with E-state index in [0.29, 0.717) is 13.0 Å². The van der Waals surface area contributed by atoms with Crippen molar-refractivity contribution in [3.63, 3.8) is 0 Å². The molecule has 1 aromatic carbocycles. The zero-order valence-electron chi connectivity index (χ0n) is 14.2. The molecule has 6 nitrogen and oxygen atoms in total. The first-order valence-electron chi connectivity index (χ1n) is 8.63. The molecule has 25 heavy (non-hydrogen) atoms. The van der Waals surface area contributed by atoms with Gasteiger partial charge in [-0.1, -0.05) is 18.2 Å². The van der Waals surface area contributed by atoms with Crippen LogP contribution in [0.25, 0.3) is 10.9 Å². The fourth-order valence-electron chi connectivity index (χ4n) is 3.69. The van der Waals surface area contributed by atoms with E-state index in [9.17, 15) is 4.79 Å². The first-order chi connectivity index (χ1) is 12.3. The number of hydrogen-bond acceptors (Lipinski definition) is 3. The molecule has 1 aliphatic rings. The van der Waals surface area contributed by atoms with E-state index in [2.05, 4.69) is 27.1 Å². The normalized spacial score (nSPS) is 20.4. The van der Waals surface area contributed by atoms with Gasteiger partial charge in [0.1, 0.15) is 5.82 Å². The van der Waals surface area contributed by atoms with E-state index in [0.717, 1.165) is 24.2 Å². The first kappa shape index (κ1) is 15.9. The molecular weight excluding hydrogens is 316 g/mol. The maximum absolute atomic E-state index is 12.9. The Morgan fingerprint density at radius 3 is 3.04 bits per heavy atom. The smallest absolute Gasteiger partial charge is 0.223 e. The Morgan fingerprint density at radius 2 is 2.24 bits per heavy atom. The van der Waals surface area contributed by atoms with E-state index in [1.54, 1.807) is 19.5 Å². The van der Waals surface area contributed by atoms with Crippen LogP contribution in [-0.4, -0.2) is 45.5 Å². The number of likely N-dealkylation sites (tertiary alicyclic amines) is 1. The second kappa shape index (κ2) is 6.72. The van der Waals surface area contributed by atoms with Crippen molar-refractivity contribution in [1.29, 1.82) is 0 Å². The van der Waals surface area contributed by atoms with E-state index in [4.69, 9.17) is 4.74 Å². The highest BCUT2D eigenvalue weighted by atomic mass is 16.5. The number of aryl methyl sites for hydroxylation is 1.